The van der Waals surface area contributed by atoms with Crippen LogP contribution in [0.15, 0.2) is 12.4 Å². The Labute approximate surface area is 112 Å². The number of nitrogens with one attached hydrogen (secondary N) is 2. The molecule has 0 aromatic carbocycles. The summed E-state index contributed by atoms with van der Waals surface area (Å²) in [6, 6.07) is 0. The van der Waals surface area contributed by atoms with Crippen LogP contribution in [0, 0.1) is 5.92 Å². The minimum Gasteiger partial charge on any atom is -0.396 e. The summed E-state index contributed by atoms with van der Waals surface area (Å²) in [5.74, 6) is 0.168. The number of hydrogen-bond acceptors (Lipinski definition) is 4. The molecule has 1 aromatic rings. The Kier molecular flexibility index (Phi) is 5.84. The van der Waals surface area contributed by atoms with Gasteiger partial charge in [-0.1, -0.05) is 13.8 Å². The van der Waals surface area contributed by atoms with E-state index in [0.29, 0.717) is 24.7 Å². The lowest BCUT2D eigenvalue weighted by Gasteiger charge is -2.08. The molecular formula is C12H21N5O2. The Bertz CT molecular complexity index is 428. The Hall–Kier alpha value is -2.05. The number of carbonyl (C=O) groups is 2. The molecule has 19 heavy (non-hydrogen) atoms. The van der Waals surface area contributed by atoms with Gasteiger partial charge in [-0.2, -0.15) is 5.10 Å². The van der Waals surface area contributed by atoms with Gasteiger partial charge in [0.1, 0.15) is 6.54 Å². The van der Waals surface area contributed by atoms with Gasteiger partial charge >= 0.3 is 0 Å². The first kappa shape index (κ1) is 15.0. The minimum absolute atomic E-state index is 0.0580. The number of rotatable bonds is 7. The zero-order chi connectivity index (χ0) is 14.3. The highest BCUT2D eigenvalue weighted by Crippen LogP contribution is 1.96. The molecule has 0 atom stereocenters. The number of aromatic nitrogens is 2. The lowest BCUT2D eigenvalue weighted by atomic mass is 10.2. The summed E-state index contributed by atoms with van der Waals surface area (Å²) in [4.78, 5) is 22.9. The first-order chi connectivity index (χ1) is 8.97. The Morgan fingerprint density at radius 3 is 2.68 bits per heavy atom. The van der Waals surface area contributed by atoms with Gasteiger partial charge in [0.2, 0.25) is 11.8 Å². The van der Waals surface area contributed by atoms with E-state index >= 15 is 0 Å². The second-order valence-electron chi connectivity index (χ2n) is 4.77. The fourth-order valence-electron chi connectivity index (χ4n) is 1.39. The molecule has 106 valence electrons. The predicted octanol–water partition coefficient (Wildman–Crippen LogP) is -0.256. The molecule has 0 saturated heterocycles. The molecule has 1 aromatic heterocycles. The standard InChI is InChI=1S/C12H21N5O2/c1-9(2)5-15-11(18)3-4-14-12(19)8-17-7-10(13)6-16-17/h6-7,9H,3-5,8,13H2,1-2H3,(H,14,19)(H,15,18). The second kappa shape index (κ2) is 7.40. The van der Waals surface area contributed by atoms with E-state index in [4.69, 9.17) is 5.73 Å². The summed E-state index contributed by atoms with van der Waals surface area (Å²) < 4.78 is 1.45. The quantitative estimate of drug-likeness (QED) is 0.633. The molecule has 2 amide bonds. The van der Waals surface area contributed by atoms with E-state index in [1.165, 1.54) is 10.9 Å². The van der Waals surface area contributed by atoms with Gasteiger partial charge in [0, 0.05) is 25.7 Å². The van der Waals surface area contributed by atoms with Crippen molar-refractivity contribution < 1.29 is 9.59 Å². The number of nitrogens with zero attached hydrogens (tertiary/aromatic N) is 2. The van der Waals surface area contributed by atoms with Gasteiger partial charge in [-0.3, -0.25) is 14.3 Å². The third kappa shape index (κ3) is 6.44. The summed E-state index contributed by atoms with van der Waals surface area (Å²) >= 11 is 0. The second-order valence-corrected chi connectivity index (χ2v) is 4.77. The van der Waals surface area contributed by atoms with Crippen molar-refractivity contribution in [1.29, 1.82) is 0 Å². The van der Waals surface area contributed by atoms with Crippen LogP contribution in [-0.2, 0) is 16.1 Å². The molecule has 0 aliphatic carbocycles. The largest absolute Gasteiger partial charge is 0.396 e. The Balaban J connectivity index is 2.15. The van der Waals surface area contributed by atoms with Crippen molar-refractivity contribution in [3.63, 3.8) is 0 Å². The molecule has 1 rings (SSSR count). The highest BCUT2D eigenvalue weighted by Gasteiger charge is 2.06. The Morgan fingerprint density at radius 2 is 2.11 bits per heavy atom. The van der Waals surface area contributed by atoms with Crippen molar-refractivity contribution in [2.75, 3.05) is 18.8 Å². The number of carbonyl (C=O) groups excluding carboxylic acids is 2. The number of hydrogen-bond donors (Lipinski definition) is 3. The fourth-order valence-corrected chi connectivity index (χ4v) is 1.39. The van der Waals surface area contributed by atoms with Crippen LogP contribution < -0.4 is 16.4 Å². The van der Waals surface area contributed by atoms with E-state index in [-0.39, 0.29) is 24.8 Å². The molecule has 0 aliphatic rings. The van der Waals surface area contributed by atoms with E-state index in [1.807, 2.05) is 13.8 Å². The maximum atomic E-state index is 11.5. The zero-order valence-electron chi connectivity index (χ0n) is 11.3. The smallest absolute Gasteiger partial charge is 0.241 e. The highest BCUT2D eigenvalue weighted by atomic mass is 16.2. The van der Waals surface area contributed by atoms with Crippen LogP contribution in [0.25, 0.3) is 0 Å². The maximum Gasteiger partial charge on any atom is 0.241 e. The lowest BCUT2D eigenvalue weighted by molar-refractivity contribution is -0.122. The topological polar surface area (TPSA) is 102 Å². The molecule has 1 heterocycles. The molecule has 7 heteroatoms. The molecule has 0 aliphatic heterocycles. The monoisotopic (exact) mass is 267 g/mol. The van der Waals surface area contributed by atoms with E-state index < -0.39 is 0 Å². The predicted molar refractivity (Wildman–Crippen MR) is 72.1 cm³/mol. The fraction of sp³-hybridized carbons (Fsp3) is 0.583. The normalized spacial score (nSPS) is 10.5. The Morgan fingerprint density at radius 1 is 1.37 bits per heavy atom. The van der Waals surface area contributed by atoms with Crippen LogP contribution in [0.5, 0.6) is 0 Å². The van der Waals surface area contributed by atoms with Crippen LogP contribution in [0.4, 0.5) is 5.69 Å². The number of anilines is 1. The SMILES string of the molecule is CC(C)CNC(=O)CCNC(=O)Cn1cc(N)cn1. The van der Waals surface area contributed by atoms with Crippen molar-refractivity contribution in [2.24, 2.45) is 5.92 Å². The molecule has 0 radical (unpaired) electrons. The molecule has 0 bridgehead atoms. The average Bonchev–Trinajstić information content (AvgIpc) is 2.72. The zero-order valence-corrected chi connectivity index (χ0v) is 11.3. The van der Waals surface area contributed by atoms with Gasteiger partial charge in [-0.25, -0.2) is 0 Å². The third-order valence-electron chi connectivity index (χ3n) is 2.34. The lowest BCUT2D eigenvalue weighted by Crippen LogP contribution is -2.33. The van der Waals surface area contributed by atoms with E-state index in [0.717, 1.165) is 0 Å². The molecule has 0 spiro atoms. The third-order valence-corrected chi connectivity index (χ3v) is 2.34. The molecule has 0 unspecified atom stereocenters. The number of nitrogen functional groups attached to an aromatic ring is 1. The van der Waals surface area contributed by atoms with Crippen molar-refractivity contribution in [3.05, 3.63) is 12.4 Å². The first-order valence-corrected chi connectivity index (χ1v) is 6.28. The van der Waals surface area contributed by atoms with Crippen LogP contribution in [-0.4, -0.2) is 34.7 Å². The van der Waals surface area contributed by atoms with Gasteiger partial charge in [0.15, 0.2) is 0 Å². The summed E-state index contributed by atoms with van der Waals surface area (Å²) in [7, 11) is 0. The van der Waals surface area contributed by atoms with Crippen molar-refractivity contribution in [2.45, 2.75) is 26.8 Å². The van der Waals surface area contributed by atoms with Crippen LogP contribution in [0.1, 0.15) is 20.3 Å². The molecule has 0 fully saturated rings. The van der Waals surface area contributed by atoms with Crippen molar-refractivity contribution in [1.82, 2.24) is 20.4 Å². The van der Waals surface area contributed by atoms with Gasteiger partial charge in [0.25, 0.3) is 0 Å². The maximum absolute atomic E-state index is 11.5. The van der Waals surface area contributed by atoms with Crippen LogP contribution in [0.2, 0.25) is 0 Å². The molecular weight excluding hydrogens is 246 g/mol. The number of amides is 2. The average molecular weight is 267 g/mol. The van der Waals surface area contributed by atoms with Crippen LogP contribution in [0.3, 0.4) is 0 Å². The van der Waals surface area contributed by atoms with Crippen LogP contribution >= 0.6 is 0 Å². The van der Waals surface area contributed by atoms with Gasteiger partial charge in [-0.05, 0) is 5.92 Å². The van der Waals surface area contributed by atoms with E-state index in [2.05, 4.69) is 15.7 Å². The summed E-state index contributed by atoms with van der Waals surface area (Å²) in [5.41, 5.74) is 6.00. The highest BCUT2D eigenvalue weighted by molar-refractivity contribution is 5.78. The van der Waals surface area contributed by atoms with Gasteiger partial charge in [-0.15, -0.1) is 0 Å². The molecule has 4 N–H and O–H groups in total. The number of nitrogens with two attached hydrogens (primary N) is 1. The van der Waals surface area contributed by atoms with E-state index in [9.17, 15) is 9.59 Å². The summed E-state index contributed by atoms with van der Waals surface area (Å²) in [6.45, 7) is 5.12. The summed E-state index contributed by atoms with van der Waals surface area (Å²) in [5, 5.41) is 9.34. The van der Waals surface area contributed by atoms with Crippen molar-refractivity contribution in [3.8, 4) is 0 Å². The molecule has 7 nitrogen and oxygen atoms in total. The van der Waals surface area contributed by atoms with Gasteiger partial charge < -0.3 is 16.4 Å². The minimum atomic E-state index is -0.195. The first-order valence-electron chi connectivity index (χ1n) is 6.28. The van der Waals surface area contributed by atoms with Crippen molar-refractivity contribution >= 4 is 17.5 Å². The summed E-state index contributed by atoms with van der Waals surface area (Å²) in [6.07, 6.45) is 3.33. The van der Waals surface area contributed by atoms with E-state index in [1.54, 1.807) is 6.20 Å². The molecule has 0 saturated carbocycles. The van der Waals surface area contributed by atoms with Gasteiger partial charge in [0.05, 0.1) is 11.9 Å².